The molecule has 0 amide bonds. The Kier molecular flexibility index (Phi) is 8.68. The Labute approximate surface area is 229 Å². The monoisotopic (exact) mass is 529 g/mol. The molecule has 38 heavy (non-hydrogen) atoms. The molecular formula is C31H35N3O3S. The van der Waals surface area contributed by atoms with E-state index in [9.17, 15) is 4.79 Å². The topological polar surface area (TPSA) is 58.0 Å². The summed E-state index contributed by atoms with van der Waals surface area (Å²) >= 11 is 1.75. The minimum atomic E-state index is -0.413. The minimum Gasteiger partial charge on any atom is -0.460 e. The van der Waals surface area contributed by atoms with E-state index in [4.69, 9.17) is 9.15 Å². The van der Waals surface area contributed by atoms with Crippen LogP contribution in [0.1, 0.15) is 34.2 Å². The predicted octanol–water partition coefficient (Wildman–Crippen LogP) is 6.08. The average molecular weight is 530 g/mol. The van der Waals surface area contributed by atoms with Crippen LogP contribution in [0.5, 0.6) is 0 Å². The van der Waals surface area contributed by atoms with E-state index in [0.717, 1.165) is 61.5 Å². The molecule has 2 heterocycles. The van der Waals surface area contributed by atoms with E-state index in [2.05, 4.69) is 81.3 Å². The van der Waals surface area contributed by atoms with E-state index in [-0.39, 0.29) is 5.76 Å². The van der Waals surface area contributed by atoms with E-state index >= 15 is 0 Å². The Morgan fingerprint density at radius 1 is 1.05 bits per heavy atom. The molecule has 7 heteroatoms. The molecule has 6 nitrogen and oxygen atoms in total. The van der Waals surface area contributed by atoms with Gasteiger partial charge < -0.3 is 19.4 Å². The highest BCUT2D eigenvalue weighted by Gasteiger charge is 2.20. The van der Waals surface area contributed by atoms with Crippen LogP contribution in [0, 0.1) is 6.92 Å². The van der Waals surface area contributed by atoms with Crippen LogP contribution in [0.3, 0.4) is 0 Å². The Bertz CT molecular complexity index is 1370. The lowest BCUT2D eigenvalue weighted by Gasteiger charge is -2.32. The SMILES string of the molecule is CCOC(=O)c1oc2ccc(SN(CCc3ccccc3)Cc3ccccc3N3CCNCC3)cc2c1C. The average Bonchev–Trinajstić information content (AvgIpc) is 3.29. The number of para-hydroxylation sites is 1. The highest BCUT2D eigenvalue weighted by atomic mass is 32.2. The number of nitrogens with zero attached hydrogens (tertiary/aromatic N) is 2. The third-order valence-corrected chi connectivity index (χ3v) is 7.93. The molecule has 198 valence electrons. The van der Waals surface area contributed by atoms with Crippen molar-refractivity contribution in [3.63, 3.8) is 0 Å². The standard InChI is InChI=1S/C31H35N3O3S/c1-3-36-31(35)30-23(2)27-21-26(13-14-29(27)37-30)38-34(18-15-24-9-5-4-6-10-24)22-25-11-7-8-12-28(25)33-19-16-32-17-20-33/h4-14,21,32H,3,15-20,22H2,1-2H3. The van der Waals surface area contributed by atoms with Gasteiger partial charge in [0.1, 0.15) is 5.58 Å². The van der Waals surface area contributed by atoms with Gasteiger partial charge in [0.25, 0.3) is 0 Å². The van der Waals surface area contributed by atoms with Crippen LogP contribution in [0.15, 0.2) is 82.1 Å². The molecule has 1 aliphatic rings. The van der Waals surface area contributed by atoms with Crippen molar-refractivity contribution in [2.75, 3.05) is 44.2 Å². The van der Waals surface area contributed by atoms with Gasteiger partial charge in [-0.3, -0.25) is 0 Å². The lowest BCUT2D eigenvalue weighted by molar-refractivity contribution is 0.0491. The second kappa shape index (κ2) is 12.5. The Morgan fingerprint density at radius 2 is 1.82 bits per heavy atom. The number of aryl methyl sites for hydroxylation is 1. The van der Waals surface area contributed by atoms with Crippen molar-refractivity contribution in [3.8, 4) is 0 Å². The van der Waals surface area contributed by atoms with Gasteiger partial charge in [-0.1, -0.05) is 48.5 Å². The van der Waals surface area contributed by atoms with Gasteiger partial charge in [0.05, 0.1) is 6.61 Å². The highest BCUT2D eigenvalue weighted by molar-refractivity contribution is 7.97. The zero-order valence-electron chi connectivity index (χ0n) is 22.1. The van der Waals surface area contributed by atoms with Gasteiger partial charge in [0.15, 0.2) is 0 Å². The molecule has 0 aliphatic carbocycles. The molecule has 1 aliphatic heterocycles. The molecule has 0 radical (unpaired) electrons. The second-order valence-corrected chi connectivity index (χ2v) is 10.7. The number of piperazine rings is 1. The lowest BCUT2D eigenvalue weighted by Crippen LogP contribution is -2.44. The van der Waals surface area contributed by atoms with Gasteiger partial charge in [-0.2, -0.15) is 0 Å². The lowest BCUT2D eigenvalue weighted by atomic mass is 10.1. The fourth-order valence-electron chi connectivity index (χ4n) is 4.90. The normalized spacial score (nSPS) is 13.8. The fourth-order valence-corrected chi connectivity index (χ4v) is 5.89. The van der Waals surface area contributed by atoms with Crippen LogP contribution in [0.2, 0.25) is 0 Å². The fraction of sp³-hybridized carbons (Fsp3) is 0.323. The number of ether oxygens (including phenoxy) is 1. The molecule has 1 aromatic heterocycles. The van der Waals surface area contributed by atoms with Crippen LogP contribution >= 0.6 is 11.9 Å². The first-order valence-electron chi connectivity index (χ1n) is 13.3. The second-order valence-electron chi connectivity index (χ2n) is 9.49. The molecule has 5 rings (SSSR count). The van der Waals surface area contributed by atoms with Crippen molar-refractivity contribution in [2.45, 2.75) is 31.7 Å². The summed E-state index contributed by atoms with van der Waals surface area (Å²) in [5.74, 6) is -0.126. The van der Waals surface area contributed by atoms with Gasteiger partial charge in [-0.15, -0.1) is 0 Å². The molecule has 4 aromatic rings. The van der Waals surface area contributed by atoms with Crippen LogP contribution in [0.25, 0.3) is 11.0 Å². The maximum atomic E-state index is 12.3. The Balaban J connectivity index is 1.40. The Hall–Kier alpha value is -3.26. The molecule has 1 saturated heterocycles. The van der Waals surface area contributed by atoms with Gasteiger partial charge in [-0.05, 0) is 67.6 Å². The maximum absolute atomic E-state index is 12.3. The van der Waals surface area contributed by atoms with Crippen molar-refractivity contribution >= 4 is 34.6 Å². The summed E-state index contributed by atoms with van der Waals surface area (Å²) in [6, 6.07) is 25.6. The zero-order chi connectivity index (χ0) is 26.3. The van der Waals surface area contributed by atoms with Gasteiger partial charge in [0.2, 0.25) is 5.76 Å². The van der Waals surface area contributed by atoms with Gasteiger partial charge in [-0.25, -0.2) is 9.10 Å². The van der Waals surface area contributed by atoms with Crippen molar-refractivity contribution in [3.05, 3.63) is 95.2 Å². The quantitative estimate of drug-likeness (QED) is 0.197. The molecule has 1 fully saturated rings. The zero-order valence-corrected chi connectivity index (χ0v) is 22.9. The van der Waals surface area contributed by atoms with E-state index in [1.165, 1.54) is 16.8 Å². The highest BCUT2D eigenvalue weighted by Crippen LogP contribution is 2.33. The maximum Gasteiger partial charge on any atom is 0.374 e. The number of fused-ring (bicyclic) bond motifs is 1. The molecule has 0 atom stereocenters. The van der Waals surface area contributed by atoms with Crippen molar-refractivity contribution < 1.29 is 13.9 Å². The first-order valence-corrected chi connectivity index (χ1v) is 14.1. The summed E-state index contributed by atoms with van der Waals surface area (Å²) < 4.78 is 13.5. The van der Waals surface area contributed by atoms with E-state index in [1.807, 2.05) is 13.0 Å². The third-order valence-electron chi connectivity index (χ3n) is 6.89. The van der Waals surface area contributed by atoms with E-state index in [1.54, 1.807) is 18.9 Å². The first kappa shape index (κ1) is 26.4. The van der Waals surface area contributed by atoms with Gasteiger partial charge >= 0.3 is 5.97 Å². The van der Waals surface area contributed by atoms with Crippen LogP contribution < -0.4 is 10.2 Å². The number of anilines is 1. The number of furan rings is 1. The van der Waals surface area contributed by atoms with Crippen LogP contribution in [0.4, 0.5) is 5.69 Å². The van der Waals surface area contributed by atoms with Crippen LogP contribution in [-0.2, 0) is 17.7 Å². The molecule has 1 N–H and O–H groups in total. The third kappa shape index (κ3) is 6.23. The van der Waals surface area contributed by atoms with Crippen LogP contribution in [-0.4, -0.2) is 49.6 Å². The molecule has 3 aromatic carbocycles. The molecular weight excluding hydrogens is 494 g/mol. The number of hydrogen-bond donors (Lipinski definition) is 1. The minimum absolute atomic E-state index is 0.287. The van der Waals surface area contributed by atoms with E-state index in [0.29, 0.717) is 12.2 Å². The molecule has 0 saturated carbocycles. The summed E-state index contributed by atoms with van der Waals surface area (Å²) in [7, 11) is 0. The van der Waals surface area contributed by atoms with Gasteiger partial charge in [0, 0.05) is 60.8 Å². The van der Waals surface area contributed by atoms with Crippen molar-refractivity contribution in [1.82, 2.24) is 9.62 Å². The summed E-state index contributed by atoms with van der Waals surface area (Å²) in [5.41, 5.74) is 5.50. The molecule has 0 unspecified atom stereocenters. The number of hydrogen-bond acceptors (Lipinski definition) is 7. The van der Waals surface area contributed by atoms with Crippen molar-refractivity contribution in [1.29, 1.82) is 0 Å². The predicted molar refractivity (Wildman–Crippen MR) is 155 cm³/mol. The number of nitrogens with one attached hydrogen (secondary N) is 1. The summed E-state index contributed by atoms with van der Waals surface area (Å²) in [6.07, 6.45) is 0.962. The van der Waals surface area contributed by atoms with E-state index < -0.39 is 5.97 Å². The summed E-state index contributed by atoms with van der Waals surface area (Å²) in [5, 5.41) is 4.40. The summed E-state index contributed by atoms with van der Waals surface area (Å²) in [6.45, 7) is 9.84. The largest absolute Gasteiger partial charge is 0.460 e. The molecule has 0 bridgehead atoms. The number of carbonyl (C=O) groups is 1. The number of esters is 1. The summed E-state index contributed by atoms with van der Waals surface area (Å²) in [4.78, 5) is 16.0. The molecule has 0 spiro atoms. The Morgan fingerprint density at radius 3 is 2.61 bits per heavy atom. The smallest absolute Gasteiger partial charge is 0.374 e. The number of benzene rings is 3. The number of rotatable bonds is 10. The van der Waals surface area contributed by atoms with Crippen molar-refractivity contribution in [2.24, 2.45) is 0 Å². The first-order chi connectivity index (χ1) is 18.6. The number of carbonyl (C=O) groups excluding carboxylic acids is 1.